The van der Waals surface area contributed by atoms with Crippen LogP contribution in [0.25, 0.3) is 14.9 Å². The Kier molecular flexibility index (Phi) is 40.8. The Morgan fingerprint density at radius 3 is 0.939 bits per heavy atom. The average Bonchev–Trinajstić information content (AvgIpc) is 1.59. The molecule has 0 amide bonds. The van der Waals surface area contributed by atoms with E-state index in [1.165, 1.54) is 31.0 Å². The molecule has 0 spiro atoms. The van der Waals surface area contributed by atoms with Crippen LogP contribution in [0.4, 0.5) is 0 Å². The van der Waals surface area contributed by atoms with Crippen LogP contribution in [0.3, 0.4) is 0 Å². The number of fused-ring (bicyclic) bond motifs is 9. The first-order valence-corrected chi connectivity index (χ1v) is 43.3. The average molecular weight is 1550 g/mol. The minimum Gasteiger partial charge on any atom is -0.656 e. The number of hydrogen-bond acceptors (Lipinski definition) is 4. The van der Waals surface area contributed by atoms with E-state index in [0.717, 1.165) is 5.75 Å². The van der Waals surface area contributed by atoms with Crippen LogP contribution in [-0.4, -0.2) is 64.2 Å². The Morgan fingerprint density at radius 1 is 0.364 bits per heavy atom. The molecule has 3 aliphatic carbocycles. The molecule has 3 aliphatic heterocycles. The van der Waals surface area contributed by atoms with Gasteiger partial charge in [-0.1, -0.05) is 275 Å². The van der Waals surface area contributed by atoms with Crippen molar-refractivity contribution in [3.63, 3.8) is 0 Å². The predicted octanol–water partition coefficient (Wildman–Crippen LogP) is 25.2. The van der Waals surface area contributed by atoms with Gasteiger partial charge in [0, 0.05) is 30.4 Å². The minimum atomic E-state index is -2.24. The SMILES string of the molecule is CC(C)c1ccccc1[Si](C)([N-]C(C)(C)C)C1C(C)C(C)C2c3ccccc3SC21.COc1ccccc1[Si](C)([N-]C(C)(C)C)C1C(C)C(C)C2c3ccccc3SC21.Cc1ccccc1[Si](C)([N-]C(C)(C)C)C1C(C)C(C)C2c3ccccc3SC21.[CH3-].[CH3-].[CH3-].[CH3-].[CH3-].[CH3-].[CH3-].[CH3-].[CH3-].[Ti+4].[Ti+4].[Ti+4]. The van der Waals surface area contributed by atoms with Gasteiger partial charge in [-0.3, -0.25) is 0 Å². The summed E-state index contributed by atoms with van der Waals surface area (Å²) in [5, 5.41) is 6.39. The quantitative estimate of drug-likeness (QED) is 0.0958. The van der Waals surface area contributed by atoms with Crippen molar-refractivity contribution in [1.82, 2.24) is 0 Å². The third kappa shape index (κ3) is 20.0. The first-order valence-electron chi connectivity index (χ1n) is 33.1. The van der Waals surface area contributed by atoms with Crippen molar-refractivity contribution in [2.45, 2.75) is 232 Å². The Labute approximate surface area is 674 Å². The number of hydrogen-bond donors (Lipinski definition) is 0. The van der Waals surface area contributed by atoms with E-state index in [9.17, 15) is 0 Å². The van der Waals surface area contributed by atoms with Gasteiger partial charge >= 0.3 is 65.2 Å². The molecule has 4 nitrogen and oxygen atoms in total. The molecule has 0 N–H and O–H groups in total. The van der Waals surface area contributed by atoms with Gasteiger partial charge in [0.05, 0.1) is 7.11 Å². The molecular formula is C86H133N3OS3Si3Ti3. The van der Waals surface area contributed by atoms with Gasteiger partial charge in [0.15, 0.2) is 0 Å². The molecule has 12 rings (SSSR count). The zero-order valence-corrected chi connectivity index (χ0v) is 77.7. The Bertz CT molecular complexity index is 3410. The fraction of sp³-hybridized carbons (Fsp3) is 0.477. The second-order valence-corrected chi connectivity index (χ2v) is 46.0. The maximum absolute atomic E-state index is 5.87. The van der Waals surface area contributed by atoms with Gasteiger partial charge in [-0.15, -0.1) is 51.9 Å². The first-order chi connectivity index (χ1) is 40.8. The number of aryl methyl sites for hydroxylation is 1. The zero-order chi connectivity index (χ0) is 63.1. The van der Waals surface area contributed by atoms with Crippen molar-refractivity contribution in [2.24, 2.45) is 35.5 Å². The molecule has 99 heavy (non-hydrogen) atoms. The van der Waals surface area contributed by atoms with Gasteiger partial charge in [0.25, 0.3) is 0 Å². The molecule has 3 heterocycles. The van der Waals surface area contributed by atoms with Crippen molar-refractivity contribution in [3.8, 4) is 5.75 Å². The number of para-hydroxylation sites is 1. The molecule has 18 atom stereocenters. The van der Waals surface area contributed by atoms with E-state index in [-0.39, 0.29) is 149 Å². The molecule has 0 saturated heterocycles. The Morgan fingerprint density at radius 2 is 0.626 bits per heavy atom. The molecule has 0 bridgehead atoms. The van der Waals surface area contributed by atoms with Crippen LogP contribution in [-0.2, 0) is 65.2 Å². The molecule has 6 aromatic rings. The number of ether oxygens (including phenoxy) is 1. The number of methoxy groups -OCH3 is 1. The fourth-order valence-electron chi connectivity index (χ4n) is 18.5. The summed E-state index contributed by atoms with van der Waals surface area (Å²) in [7, 11) is -4.70. The van der Waals surface area contributed by atoms with Gasteiger partial charge in [-0.05, 0) is 159 Å². The Balaban J connectivity index is -0.00000132. The molecule has 0 aromatic heterocycles. The van der Waals surface area contributed by atoms with E-state index in [1.807, 2.05) is 0 Å². The van der Waals surface area contributed by atoms with Gasteiger partial charge < -0.3 is 86.5 Å². The van der Waals surface area contributed by atoms with E-state index in [1.54, 1.807) is 34.2 Å². The fourth-order valence-corrected chi connectivity index (χ4v) is 43.1. The van der Waals surface area contributed by atoms with Crippen LogP contribution in [0.1, 0.15) is 169 Å². The number of benzene rings is 6. The molecule has 540 valence electrons. The Hall–Kier alpha value is -1.16. The van der Waals surface area contributed by atoms with Crippen molar-refractivity contribution in [2.75, 3.05) is 7.11 Å². The van der Waals surface area contributed by atoms with Gasteiger partial charge in [-0.25, -0.2) is 0 Å². The van der Waals surface area contributed by atoms with Crippen LogP contribution in [0.5, 0.6) is 5.75 Å². The van der Waals surface area contributed by atoms with Gasteiger partial charge in [0.2, 0.25) is 0 Å². The van der Waals surface area contributed by atoms with Crippen LogP contribution in [0, 0.1) is 109 Å². The topological polar surface area (TPSA) is 51.5 Å². The summed E-state index contributed by atoms with van der Waals surface area (Å²) in [6.07, 6.45) is 0. The summed E-state index contributed by atoms with van der Waals surface area (Å²) in [6.45, 7) is 50.1. The van der Waals surface area contributed by atoms with Gasteiger partial charge in [0.1, 0.15) is 5.75 Å². The minimum absolute atomic E-state index is 0. The second kappa shape index (κ2) is 39.6. The smallest absolute Gasteiger partial charge is 0.656 e. The zero-order valence-electron chi connectivity index (χ0n) is 67.6. The van der Waals surface area contributed by atoms with E-state index in [4.69, 9.17) is 19.7 Å². The molecule has 13 heteroatoms. The van der Waals surface area contributed by atoms with E-state index in [2.05, 4.69) is 325 Å². The maximum Gasteiger partial charge on any atom is 4.00 e. The summed E-state index contributed by atoms with van der Waals surface area (Å²) < 4.78 is 5.87. The van der Waals surface area contributed by atoms with Crippen molar-refractivity contribution in [3.05, 3.63) is 255 Å². The van der Waals surface area contributed by atoms with Crippen LogP contribution >= 0.6 is 35.3 Å². The maximum atomic E-state index is 5.87. The summed E-state index contributed by atoms with van der Waals surface area (Å²) in [4.78, 5) is 21.6. The standard InChI is InChI=1S/C27H38NSSi.C25H34NOSSi.C25H34NSSi.9CH3.3Ti/c1-17(2)20-13-10-12-16-23(20)30(8,28-27(5,6)7)26-19(4)18(3)24-21-14-9-11-15-22(21)29-25(24)26;1-16-17(2)24(23-22(16)18-12-8-10-14-20(18)28-23)29(7,26-25(3,4)5)21-15-11-9-13-19(21)27-6;1-16-12-8-11-15-21(16)28(7,26-25(4,5)6)24-18(3)17(2)22-19-13-9-10-14-20(19)27-23(22)24;;;;;;;;;;;;/h9-19,24-26H,1-8H3;8-17,22-24H,1-7H3;8-15,17-18,22-24H,1-7H3;9*1H3;;;/q12*-1;3*+4. The molecule has 3 fully saturated rings. The van der Waals surface area contributed by atoms with E-state index >= 15 is 0 Å². The van der Waals surface area contributed by atoms with E-state index in [0.29, 0.717) is 91.6 Å². The van der Waals surface area contributed by atoms with Gasteiger partial charge in [-0.2, -0.15) is 0 Å². The normalized spacial score (nSPS) is 27.0. The summed E-state index contributed by atoms with van der Waals surface area (Å²) in [6, 6.07) is 54.4. The molecule has 18 unspecified atom stereocenters. The van der Waals surface area contributed by atoms with E-state index < -0.39 is 24.7 Å². The molecule has 6 aliphatic rings. The third-order valence-electron chi connectivity index (χ3n) is 21.8. The summed E-state index contributed by atoms with van der Waals surface area (Å²) in [5.74, 6) is 7.60. The van der Waals surface area contributed by atoms with Crippen molar-refractivity contribution < 1.29 is 69.9 Å². The molecule has 3 saturated carbocycles. The number of nitrogens with zero attached hydrogens (tertiary/aromatic N) is 3. The number of rotatable bonds is 11. The molecule has 0 radical (unpaired) electrons. The summed E-state index contributed by atoms with van der Waals surface area (Å²) >= 11 is 6.43. The van der Waals surface area contributed by atoms with Crippen LogP contribution < -0.4 is 20.3 Å². The monoisotopic (exact) mass is 1550 g/mol. The third-order valence-corrected chi connectivity index (χ3v) is 41.6. The summed E-state index contributed by atoms with van der Waals surface area (Å²) in [5.41, 5.74) is 9.47. The van der Waals surface area contributed by atoms with Crippen LogP contribution in [0.15, 0.2) is 160 Å². The molecular weight excluding hydrogens is 1420 g/mol. The second-order valence-electron chi connectivity index (χ2n) is 31.2. The largest absolute Gasteiger partial charge is 4.00 e. The molecule has 6 aromatic carbocycles. The number of thioether (sulfide) groups is 3. The predicted molar refractivity (Wildman–Crippen MR) is 448 cm³/mol. The first kappa shape index (κ1) is 102. The van der Waals surface area contributed by atoms with Crippen LogP contribution in [0.2, 0.25) is 36.3 Å². The van der Waals surface area contributed by atoms with Crippen molar-refractivity contribution >= 4 is 75.6 Å². The van der Waals surface area contributed by atoms with Crippen molar-refractivity contribution in [1.29, 1.82) is 0 Å².